The van der Waals surface area contributed by atoms with E-state index in [1.54, 1.807) is 0 Å². The smallest absolute Gasteiger partial charge is 0.319 e. The summed E-state index contributed by atoms with van der Waals surface area (Å²) in [7, 11) is 0. The van der Waals surface area contributed by atoms with Crippen molar-refractivity contribution in [1.29, 1.82) is 0 Å². The van der Waals surface area contributed by atoms with Crippen molar-refractivity contribution in [2.45, 2.75) is 46.0 Å². The molecule has 19 heavy (non-hydrogen) atoms. The normalized spacial score (nSPS) is 18.6. The van der Waals surface area contributed by atoms with Crippen molar-refractivity contribution in [2.75, 3.05) is 26.2 Å². The lowest BCUT2D eigenvalue weighted by Crippen LogP contribution is -2.42. The molecule has 0 bridgehead atoms. The highest BCUT2D eigenvalue weighted by atomic mass is 16.4. The van der Waals surface area contributed by atoms with Gasteiger partial charge in [0.1, 0.15) is 0 Å². The lowest BCUT2D eigenvalue weighted by Gasteiger charge is -2.27. The number of urea groups is 1. The number of hydrogen-bond acceptors (Lipinski definition) is 2. The summed E-state index contributed by atoms with van der Waals surface area (Å²) in [4.78, 5) is 26.6. The van der Waals surface area contributed by atoms with Crippen LogP contribution in [0.15, 0.2) is 0 Å². The lowest BCUT2D eigenvalue weighted by molar-refractivity contribution is -0.137. The van der Waals surface area contributed by atoms with E-state index in [2.05, 4.69) is 6.92 Å². The molecule has 1 N–H and O–H groups in total. The number of hydrogen-bond donors (Lipinski definition) is 1. The minimum Gasteiger partial charge on any atom is -0.481 e. The van der Waals surface area contributed by atoms with Crippen molar-refractivity contribution in [2.24, 2.45) is 5.92 Å². The van der Waals surface area contributed by atoms with Crippen molar-refractivity contribution in [3.63, 3.8) is 0 Å². The molecule has 1 saturated heterocycles. The van der Waals surface area contributed by atoms with Gasteiger partial charge in [-0.1, -0.05) is 13.3 Å². The van der Waals surface area contributed by atoms with Crippen LogP contribution in [0.2, 0.25) is 0 Å². The molecular formula is C14H26N2O3. The summed E-state index contributed by atoms with van der Waals surface area (Å²) in [5.74, 6) is -0.396. The van der Waals surface area contributed by atoms with Gasteiger partial charge < -0.3 is 14.9 Å². The molecule has 1 fully saturated rings. The van der Waals surface area contributed by atoms with Gasteiger partial charge in [-0.3, -0.25) is 4.79 Å². The Morgan fingerprint density at radius 2 is 2.11 bits per heavy atom. The van der Waals surface area contributed by atoms with E-state index in [4.69, 9.17) is 5.11 Å². The molecule has 110 valence electrons. The molecule has 1 atom stereocenters. The van der Waals surface area contributed by atoms with Crippen LogP contribution < -0.4 is 0 Å². The van der Waals surface area contributed by atoms with Crippen LogP contribution in [-0.2, 0) is 4.79 Å². The molecule has 1 rings (SSSR count). The Balaban J connectivity index is 2.39. The third-order valence-electron chi connectivity index (χ3n) is 3.76. The van der Waals surface area contributed by atoms with Gasteiger partial charge in [-0.15, -0.1) is 0 Å². The van der Waals surface area contributed by atoms with E-state index >= 15 is 0 Å². The largest absolute Gasteiger partial charge is 0.481 e. The Bertz CT molecular complexity index is 307. The molecule has 5 heteroatoms. The van der Waals surface area contributed by atoms with Gasteiger partial charge in [0.2, 0.25) is 0 Å². The monoisotopic (exact) mass is 270 g/mol. The van der Waals surface area contributed by atoms with Gasteiger partial charge in [-0.05, 0) is 32.1 Å². The van der Waals surface area contributed by atoms with E-state index in [1.807, 2.05) is 16.7 Å². The van der Waals surface area contributed by atoms with Crippen molar-refractivity contribution in [1.82, 2.24) is 9.80 Å². The second-order valence-electron chi connectivity index (χ2n) is 5.25. The van der Waals surface area contributed by atoms with Crippen molar-refractivity contribution in [3.8, 4) is 0 Å². The minimum absolute atomic E-state index is 0.119. The van der Waals surface area contributed by atoms with E-state index in [-0.39, 0.29) is 12.5 Å². The third-order valence-corrected chi connectivity index (χ3v) is 3.76. The quantitative estimate of drug-likeness (QED) is 0.773. The second kappa shape index (κ2) is 8.02. The van der Waals surface area contributed by atoms with Gasteiger partial charge in [0.25, 0.3) is 0 Å². The molecule has 5 nitrogen and oxygen atoms in total. The SMILES string of the molecule is CCCCN(CC)C(=O)N1CCC(CCC(=O)O)C1. The zero-order valence-corrected chi connectivity index (χ0v) is 12.1. The van der Waals surface area contributed by atoms with Crippen molar-refractivity contribution in [3.05, 3.63) is 0 Å². The molecule has 2 amide bonds. The third kappa shape index (κ3) is 5.09. The van der Waals surface area contributed by atoms with Crippen LogP contribution in [0.4, 0.5) is 4.79 Å². The Hall–Kier alpha value is -1.26. The number of amides is 2. The van der Waals surface area contributed by atoms with Crippen molar-refractivity contribution >= 4 is 12.0 Å². The summed E-state index contributed by atoms with van der Waals surface area (Å²) in [5.41, 5.74) is 0. The summed E-state index contributed by atoms with van der Waals surface area (Å²) in [6.45, 7) is 7.18. The molecule has 0 spiro atoms. The van der Waals surface area contributed by atoms with Gasteiger partial charge in [0.15, 0.2) is 0 Å². The number of carbonyl (C=O) groups excluding carboxylic acids is 1. The topological polar surface area (TPSA) is 60.9 Å². The van der Waals surface area contributed by atoms with Crippen LogP contribution in [0.25, 0.3) is 0 Å². The molecule has 0 saturated carbocycles. The maximum Gasteiger partial charge on any atom is 0.319 e. The first-order valence-corrected chi connectivity index (χ1v) is 7.34. The van der Waals surface area contributed by atoms with Crippen LogP contribution >= 0.6 is 0 Å². The van der Waals surface area contributed by atoms with Crippen LogP contribution in [0.5, 0.6) is 0 Å². The van der Waals surface area contributed by atoms with E-state index in [0.717, 1.165) is 45.4 Å². The van der Waals surface area contributed by atoms with E-state index in [9.17, 15) is 9.59 Å². The summed E-state index contributed by atoms with van der Waals surface area (Å²) in [6, 6.07) is 0.119. The fraction of sp³-hybridized carbons (Fsp3) is 0.857. The highest BCUT2D eigenvalue weighted by Crippen LogP contribution is 2.22. The first kappa shape index (κ1) is 15.8. The summed E-state index contributed by atoms with van der Waals surface area (Å²) in [5, 5.41) is 8.68. The number of aliphatic carboxylic acids is 1. The van der Waals surface area contributed by atoms with Crippen LogP contribution in [0.3, 0.4) is 0 Å². The fourth-order valence-corrected chi connectivity index (χ4v) is 2.51. The number of unbranched alkanes of at least 4 members (excludes halogenated alkanes) is 1. The molecule has 0 aliphatic carbocycles. The Morgan fingerprint density at radius 3 is 2.68 bits per heavy atom. The minimum atomic E-state index is -0.747. The van der Waals surface area contributed by atoms with Gasteiger partial charge in [0, 0.05) is 32.6 Å². The van der Waals surface area contributed by atoms with Gasteiger partial charge in [0.05, 0.1) is 0 Å². The van der Waals surface area contributed by atoms with Gasteiger partial charge in [-0.25, -0.2) is 4.79 Å². The zero-order chi connectivity index (χ0) is 14.3. The van der Waals surface area contributed by atoms with Crippen molar-refractivity contribution < 1.29 is 14.7 Å². The van der Waals surface area contributed by atoms with Crippen LogP contribution in [0.1, 0.15) is 46.0 Å². The molecular weight excluding hydrogens is 244 g/mol. The molecule has 0 aromatic carbocycles. The molecule has 0 aromatic rings. The lowest BCUT2D eigenvalue weighted by atomic mass is 10.0. The summed E-state index contributed by atoms with van der Waals surface area (Å²) < 4.78 is 0. The molecule has 1 unspecified atom stereocenters. The number of carboxylic acid groups (broad SMARTS) is 1. The van der Waals surface area contributed by atoms with E-state index in [0.29, 0.717) is 12.3 Å². The number of rotatable bonds is 7. The highest BCUT2D eigenvalue weighted by Gasteiger charge is 2.28. The van der Waals surface area contributed by atoms with E-state index in [1.165, 1.54) is 0 Å². The maximum atomic E-state index is 12.3. The zero-order valence-electron chi connectivity index (χ0n) is 12.1. The molecule has 1 aliphatic heterocycles. The van der Waals surface area contributed by atoms with Crippen LogP contribution in [0, 0.1) is 5.92 Å². The molecule has 1 heterocycles. The van der Waals surface area contributed by atoms with Crippen LogP contribution in [-0.4, -0.2) is 53.1 Å². The Kier molecular flexibility index (Phi) is 6.67. The first-order valence-electron chi connectivity index (χ1n) is 7.34. The van der Waals surface area contributed by atoms with E-state index < -0.39 is 5.97 Å². The average molecular weight is 270 g/mol. The Morgan fingerprint density at radius 1 is 1.37 bits per heavy atom. The number of likely N-dealkylation sites (tertiary alicyclic amines) is 1. The Labute approximate surface area is 115 Å². The first-order chi connectivity index (χ1) is 9.08. The standard InChI is InChI=1S/C14H26N2O3/c1-3-5-9-15(4-2)14(19)16-10-8-12(11-16)6-7-13(17)18/h12H,3-11H2,1-2H3,(H,17,18). The summed E-state index contributed by atoms with van der Waals surface area (Å²) >= 11 is 0. The predicted octanol–water partition coefficient (Wildman–Crippen LogP) is 2.42. The highest BCUT2D eigenvalue weighted by molar-refractivity contribution is 5.74. The van der Waals surface area contributed by atoms with Gasteiger partial charge >= 0.3 is 12.0 Å². The fourth-order valence-electron chi connectivity index (χ4n) is 2.51. The second-order valence-corrected chi connectivity index (χ2v) is 5.25. The average Bonchev–Trinajstić information content (AvgIpc) is 2.85. The number of carbonyl (C=O) groups is 2. The van der Waals surface area contributed by atoms with Gasteiger partial charge in [-0.2, -0.15) is 0 Å². The number of nitrogens with zero attached hydrogens (tertiary/aromatic N) is 2. The molecule has 0 radical (unpaired) electrons. The molecule has 0 aromatic heterocycles. The maximum absolute atomic E-state index is 12.3. The molecule has 1 aliphatic rings. The summed E-state index contributed by atoms with van der Waals surface area (Å²) in [6.07, 6.45) is 3.95. The predicted molar refractivity (Wildman–Crippen MR) is 74.1 cm³/mol. The number of carboxylic acids is 1.